The molecule has 104 valence electrons. The number of nitrogens with zero attached hydrogens (tertiary/aromatic N) is 1. The Bertz CT molecular complexity index is 415. The highest BCUT2D eigenvalue weighted by atomic mass is 16.5. The number of ether oxygens (including phenoxy) is 1. The molecule has 0 saturated heterocycles. The van der Waals surface area contributed by atoms with Crippen molar-refractivity contribution in [3.8, 4) is 5.75 Å². The van der Waals surface area contributed by atoms with E-state index in [2.05, 4.69) is 17.2 Å². The van der Waals surface area contributed by atoms with Crippen molar-refractivity contribution in [2.24, 2.45) is 5.84 Å². The zero-order valence-corrected chi connectivity index (χ0v) is 11.3. The minimum absolute atomic E-state index is 0.294. The Labute approximate surface area is 113 Å². The Balaban J connectivity index is 1.77. The summed E-state index contributed by atoms with van der Waals surface area (Å²) in [5.41, 5.74) is 2.63. The molecule has 1 aliphatic rings. The number of hydrogen-bond acceptors (Lipinski definition) is 4. The van der Waals surface area contributed by atoms with Crippen molar-refractivity contribution in [1.29, 1.82) is 0 Å². The number of hydrazine groups is 1. The first-order valence-corrected chi connectivity index (χ1v) is 6.72. The quantitative estimate of drug-likeness (QED) is 0.440. The van der Waals surface area contributed by atoms with Gasteiger partial charge in [-0.3, -0.25) is 15.1 Å². The minimum Gasteiger partial charge on any atom is -0.492 e. The topological polar surface area (TPSA) is 67.6 Å². The molecule has 1 fully saturated rings. The summed E-state index contributed by atoms with van der Waals surface area (Å²) < 4.78 is 5.68. The van der Waals surface area contributed by atoms with Crippen molar-refractivity contribution >= 4 is 5.91 Å². The lowest BCUT2D eigenvalue weighted by Crippen LogP contribution is -2.30. The number of amides is 1. The van der Waals surface area contributed by atoms with Crippen LogP contribution in [0.1, 0.15) is 30.1 Å². The van der Waals surface area contributed by atoms with Gasteiger partial charge in [0.15, 0.2) is 0 Å². The van der Waals surface area contributed by atoms with Gasteiger partial charge in [-0.2, -0.15) is 0 Å². The Kier molecular flexibility index (Phi) is 4.76. The highest BCUT2D eigenvalue weighted by Crippen LogP contribution is 2.26. The number of carbonyl (C=O) groups excluding carboxylic acids is 1. The molecule has 5 heteroatoms. The molecule has 0 heterocycles. The fourth-order valence-electron chi connectivity index (χ4n) is 2.11. The number of hydrogen-bond donors (Lipinski definition) is 2. The van der Waals surface area contributed by atoms with Crippen molar-refractivity contribution in [2.45, 2.75) is 25.8 Å². The van der Waals surface area contributed by atoms with Gasteiger partial charge in [0.2, 0.25) is 0 Å². The molecule has 1 aliphatic carbocycles. The first kappa shape index (κ1) is 13.8. The van der Waals surface area contributed by atoms with Crippen LogP contribution in [-0.2, 0) is 0 Å². The van der Waals surface area contributed by atoms with E-state index in [-0.39, 0.29) is 5.91 Å². The van der Waals surface area contributed by atoms with Crippen molar-refractivity contribution in [1.82, 2.24) is 10.3 Å². The van der Waals surface area contributed by atoms with Gasteiger partial charge in [0.05, 0.1) is 0 Å². The molecule has 0 aliphatic heterocycles. The fourth-order valence-corrected chi connectivity index (χ4v) is 2.11. The van der Waals surface area contributed by atoms with Crippen LogP contribution >= 0.6 is 0 Å². The summed E-state index contributed by atoms with van der Waals surface area (Å²) in [7, 11) is 0. The van der Waals surface area contributed by atoms with Crippen LogP contribution in [0.3, 0.4) is 0 Å². The van der Waals surface area contributed by atoms with E-state index in [0.717, 1.165) is 24.9 Å². The average molecular weight is 263 g/mol. The van der Waals surface area contributed by atoms with Gasteiger partial charge in [-0.05, 0) is 43.7 Å². The third kappa shape index (κ3) is 3.94. The van der Waals surface area contributed by atoms with Gasteiger partial charge in [0, 0.05) is 18.2 Å². The van der Waals surface area contributed by atoms with E-state index in [1.54, 1.807) is 24.3 Å². The Morgan fingerprint density at radius 2 is 2.11 bits per heavy atom. The fraction of sp³-hybridized carbons (Fsp3) is 0.500. The molecule has 0 aromatic heterocycles. The SMILES string of the molecule is CCN(CCOc1ccc(C(=O)NN)cc1)C1CC1. The number of nitrogens with one attached hydrogen (secondary N) is 1. The van der Waals surface area contributed by atoms with Gasteiger partial charge in [-0.1, -0.05) is 6.92 Å². The molecule has 1 aromatic rings. The summed E-state index contributed by atoms with van der Waals surface area (Å²) in [6.07, 6.45) is 2.63. The molecule has 0 atom stereocenters. The maximum atomic E-state index is 11.3. The third-order valence-electron chi connectivity index (χ3n) is 3.36. The van der Waals surface area contributed by atoms with Gasteiger partial charge < -0.3 is 4.74 Å². The van der Waals surface area contributed by atoms with Crippen molar-refractivity contribution in [3.05, 3.63) is 29.8 Å². The second-order valence-corrected chi connectivity index (χ2v) is 4.71. The van der Waals surface area contributed by atoms with E-state index in [4.69, 9.17) is 10.6 Å². The number of carbonyl (C=O) groups is 1. The predicted octanol–water partition coefficient (Wildman–Crippen LogP) is 1.15. The first-order valence-electron chi connectivity index (χ1n) is 6.72. The van der Waals surface area contributed by atoms with Gasteiger partial charge >= 0.3 is 0 Å². The van der Waals surface area contributed by atoms with Crippen molar-refractivity contribution in [3.63, 3.8) is 0 Å². The molecule has 0 bridgehead atoms. The van der Waals surface area contributed by atoms with Gasteiger partial charge in [0.1, 0.15) is 12.4 Å². The molecule has 3 N–H and O–H groups in total. The maximum Gasteiger partial charge on any atom is 0.265 e. The van der Waals surface area contributed by atoms with Gasteiger partial charge in [0.25, 0.3) is 5.91 Å². The highest BCUT2D eigenvalue weighted by Gasteiger charge is 2.27. The lowest BCUT2D eigenvalue weighted by atomic mass is 10.2. The average Bonchev–Trinajstić information content (AvgIpc) is 3.28. The number of benzene rings is 1. The first-order chi connectivity index (χ1) is 9.24. The van der Waals surface area contributed by atoms with E-state index in [1.165, 1.54) is 12.8 Å². The second-order valence-electron chi connectivity index (χ2n) is 4.71. The molecule has 2 rings (SSSR count). The summed E-state index contributed by atoms with van der Waals surface area (Å²) >= 11 is 0. The molecule has 0 radical (unpaired) electrons. The van der Waals surface area contributed by atoms with Gasteiger partial charge in [-0.15, -0.1) is 0 Å². The van der Waals surface area contributed by atoms with Crippen LogP contribution < -0.4 is 16.0 Å². The molecule has 1 amide bonds. The van der Waals surface area contributed by atoms with E-state index in [0.29, 0.717) is 12.2 Å². The van der Waals surface area contributed by atoms with Crippen molar-refractivity contribution < 1.29 is 9.53 Å². The zero-order valence-electron chi connectivity index (χ0n) is 11.3. The minimum atomic E-state index is -0.294. The summed E-state index contributed by atoms with van der Waals surface area (Å²) in [5.74, 6) is 5.55. The van der Waals surface area contributed by atoms with Crippen LogP contribution in [-0.4, -0.2) is 36.5 Å². The van der Waals surface area contributed by atoms with Crippen LogP contribution in [0.2, 0.25) is 0 Å². The summed E-state index contributed by atoms with van der Waals surface area (Å²) in [5, 5.41) is 0. The van der Waals surface area contributed by atoms with Crippen LogP contribution in [0.4, 0.5) is 0 Å². The number of nitrogens with two attached hydrogens (primary N) is 1. The second kappa shape index (κ2) is 6.54. The lowest BCUT2D eigenvalue weighted by Gasteiger charge is -2.19. The van der Waals surface area contributed by atoms with E-state index in [1.807, 2.05) is 0 Å². The predicted molar refractivity (Wildman–Crippen MR) is 73.9 cm³/mol. The van der Waals surface area contributed by atoms with E-state index in [9.17, 15) is 4.79 Å². The number of likely N-dealkylation sites (N-methyl/N-ethyl adjacent to an activating group) is 1. The van der Waals surface area contributed by atoms with E-state index >= 15 is 0 Å². The smallest absolute Gasteiger partial charge is 0.265 e. The van der Waals surface area contributed by atoms with Gasteiger partial charge in [-0.25, -0.2) is 5.84 Å². The summed E-state index contributed by atoms with van der Waals surface area (Å²) in [4.78, 5) is 13.7. The Morgan fingerprint density at radius 3 is 2.63 bits per heavy atom. The molecule has 1 aromatic carbocycles. The molecule has 0 spiro atoms. The molecule has 0 unspecified atom stereocenters. The molecule has 1 saturated carbocycles. The summed E-state index contributed by atoms with van der Waals surface area (Å²) in [6.45, 7) is 4.88. The lowest BCUT2D eigenvalue weighted by molar-refractivity contribution is 0.0953. The zero-order chi connectivity index (χ0) is 13.7. The van der Waals surface area contributed by atoms with Crippen LogP contribution in [0.25, 0.3) is 0 Å². The maximum absolute atomic E-state index is 11.3. The largest absolute Gasteiger partial charge is 0.492 e. The number of nitrogen functional groups attached to an aromatic ring is 1. The number of rotatable bonds is 7. The normalized spacial score (nSPS) is 14.5. The molecule has 19 heavy (non-hydrogen) atoms. The van der Waals surface area contributed by atoms with Crippen molar-refractivity contribution in [2.75, 3.05) is 19.7 Å². The van der Waals surface area contributed by atoms with Crippen LogP contribution in [0.15, 0.2) is 24.3 Å². The molecule has 5 nitrogen and oxygen atoms in total. The Hall–Kier alpha value is -1.59. The van der Waals surface area contributed by atoms with Crippen LogP contribution in [0, 0.1) is 0 Å². The monoisotopic (exact) mass is 263 g/mol. The van der Waals surface area contributed by atoms with Crippen LogP contribution in [0.5, 0.6) is 5.75 Å². The molecular formula is C14H21N3O2. The standard InChI is InChI=1S/C14H21N3O2/c1-2-17(12-5-6-12)9-10-19-13-7-3-11(4-8-13)14(18)16-15/h3-4,7-8,12H,2,5-6,9-10,15H2,1H3,(H,16,18). The molecular weight excluding hydrogens is 242 g/mol. The Morgan fingerprint density at radius 1 is 1.42 bits per heavy atom. The van der Waals surface area contributed by atoms with E-state index < -0.39 is 0 Å². The third-order valence-corrected chi connectivity index (χ3v) is 3.36. The highest BCUT2D eigenvalue weighted by molar-refractivity contribution is 5.93. The summed E-state index contributed by atoms with van der Waals surface area (Å²) in [6, 6.07) is 7.76.